The summed E-state index contributed by atoms with van der Waals surface area (Å²) in [6.45, 7) is 2.14. The molecular weight excluding hydrogens is 262 g/mol. The van der Waals surface area contributed by atoms with Gasteiger partial charge in [0.05, 0.1) is 19.0 Å². The molecule has 3 rings (SSSR count). The molecule has 0 aliphatic carbocycles. The number of hydrogen-bond donors (Lipinski definition) is 0. The first-order valence-corrected chi connectivity index (χ1v) is 6.97. The van der Waals surface area contributed by atoms with Gasteiger partial charge in [0.15, 0.2) is 0 Å². The topological polar surface area (TPSA) is 39.9 Å². The lowest BCUT2D eigenvalue weighted by atomic mass is 10.1. The van der Waals surface area contributed by atoms with Crippen molar-refractivity contribution in [2.75, 3.05) is 7.11 Å². The largest absolute Gasteiger partial charge is 0.497 e. The first-order chi connectivity index (χ1) is 10.3. The van der Waals surface area contributed by atoms with Gasteiger partial charge in [-0.1, -0.05) is 42.5 Å². The van der Waals surface area contributed by atoms with Gasteiger partial charge >= 0.3 is 0 Å². The maximum absolute atomic E-state index is 5.25. The van der Waals surface area contributed by atoms with E-state index in [1.165, 1.54) is 5.56 Å². The Kier molecular flexibility index (Phi) is 3.69. The average molecular weight is 279 g/mol. The van der Waals surface area contributed by atoms with Crippen molar-refractivity contribution in [3.8, 4) is 22.7 Å². The molecule has 3 aromatic rings. The highest BCUT2D eigenvalue weighted by Gasteiger charge is 2.08. The van der Waals surface area contributed by atoms with E-state index in [0.717, 1.165) is 29.1 Å². The lowest BCUT2D eigenvalue weighted by molar-refractivity contribution is 0.415. The van der Waals surface area contributed by atoms with E-state index < -0.39 is 0 Å². The fourth-order valence-electron chi connectivity index (χ4n) is 2.33. The summed E-state index contributed by atoms with van der Waals surface area (Å²) in [5, 5.41) is 8.52. The number of methoxy groups -OCH3 is 1. The number of aryl methyl sites for hydroxylation is 1. The zero-order valence-corrected chi connectivity index (χ0v) is 12.2. The maximum Gasteiger partial charge on any atom is 0.119 e. The number of hydrogen-bond acceptors (Lipinski definition) is 3. The molecule has 1 heterocycles. The van der Waals surface area contributed by atoms with Crippen LogP contribution in [0.2, 0.25) is 0 Å². The summed E-state index contributed by atoms with van der Waals surface area (Å²) in [6, 6.07) is 16.1. The Hall–Kier alpha value is -2.62. The van der Waals surface area contributed by atoms with Gasteiger partial charge in [0.1, 0.15) is 11.4 Å². The smallest absolute Gasteiger partial charge is 0.119 e. The summed E-state index contributed by atoms with van der Waals surface area (Å²) >= 11 is 0. The summed E-state index contributed by atoms with van der Waals surface area (Å²) in [6.07, 6.45) is 2.91. The van der Waals surface area contributed by atoms with Gasteiger partial charge in [-0.3, -0.25) is 0 Å². The van der Waals surface area contributed by atoms with E-state index in [1.807, 2.05) is 47.3 Å². The van der Waals surface area contributed by atoms with E-state index in [0.29, 0.717) is 0 Å². The monoisotopic (exact) mass is 279 g/mol. The molecule has 0 saturated carbocycles. The summed E-state index contributed by atoms with van der Waals surface area (Å²) in [7, 11) is 1.66. The Balaban J connectivity index is 1.99. The molecule has 0 amide bonds. The van der Waals surface area contributed by atoms with E-state index >= 15 is 0 Å². The molecule has 0 bridgehead atoms. The highest BCUT2D eigenvalue weighted by Crippen LogP contribution is 2.23. The van der Waals surface area contributed by atoms with Gasteiger partial charge in [-0.15, -0.1) is 5.10 Å². The second-order valence-electron chi connectivity index (χ2n) is 4.76. The molecule has 1 aromatic heterocycles. The van der Waals surface area contributed by atoms with E-state index in [2.05, 4.69) is 29.4 Å². The van der Waals surface area contributed by atoms with Crippen molar-refractivity contribution in [2.45, 2.75) is 13.3 Å². The molecule has 0 fully saturated rings. The highest BCUT2D eigenvalue weighted by molar-refractivity contribution is 5.60. The molecule has 106 valence electrons. The van der Waals surface area contributed by atoms with Crippen LogP contribution in [-0.4, -0.2) is 22.1 Å². The minimum atomic E-state index is 0.816. The van der Waals surface area contributed by atoms with Crippen molar-refractivity contribution in [2.24, 2.45) is 0 Å². The van der Waals surface area contributed by atoms with Crippen LogP contribution in [0.1, 0.15) is 12.5 Å². The van der Waals surface area contributed by atoms with Crippen LogP contribution in [0.5, 0.6) is 5.75 Å². The second kappa shape index (κ2) is 5.79. The fourth-order valence-corrected chi connectivity index (χ4v) is 2.33. The Labute approximate surface area is 124 Å². The molecular formula is C17H17N3O. The van der Waals surface area contributed by atoms with E-state index in [9.17, 15) is 0 Å². The van der Waals surface area contributed by atoms with E-state index in [4.69, 9.17) is 4.74 Å². The van der Waals surface area contributed by atoms with Gasteiger partial charge in [-0.25, -0.2) is 4.68 Å². The van der Waals surface area contributed by atoms with Crippen LogP contribution >= 0.6 is 0 Å². The Bertz CT molecular complexity index is 749. The Morgan fingerprint density at radius 1 is 1.10 bits per heavy atom. The number of benzene rings is 2. The molecule has 4 heteroatoms. The third kappa shape index (κ3) is 2.65. The maximum atomic E-state index is 5.25. The average Bonchev–Trinajstić information content (AvgIpc) is 3.04. The molecule has 4 nitrogen and oxygen atoms in total. The van der Waals surface area contributed by atoms with Crippen LogP contribution in [0.4, 0.5) is 0 Å². The zero-order chi connectivity index (χ0) is 14.7. The quantitative estimate of drug-likeness (QED) is 0.733. The third-order valence-electron chi connectivity index (χ3n) is 3.48. The number of rotatable bonds is 4. The van der Waals surface area contributed by atoms with E-state index in [1.54, 1.807) is 7.11 Å². The second-order valence-corrected chi connectivity index (χ2v) is 4.76. The van der Waals surface area contributed by atoms with Gasteiger partial charge in [0.25, 0.3) is 0 Å². The van der Waals surface area contributed by atoms with Gasteiger partial charge in [0.2, 0.25) is 0 Å². The lowest BCUT2D eigenvalue weighted by Crippen LogP contribution is -1.99. The first-order valence-electron chi connectivity index (χ1n) is 6.97. The number of para-hydroxylation sites is 1. The van der Waals surface area contributed by atoms with Crippen molar-refractivity contribution >= 4 is 0 Å². The fraction of sp³-hybridized carbons (Fsp3) is 0.176. The molecule has 0 aliphatic heterocycles. The Morgan fingerprint density at radius 3 is 2.76 bits per heavy atom. The molecule has 2 aromatic carbocycles. The van der Waals surface area contributed by atoms with Crippen LogP contribution in [-0.2, 0) is 6.42 Å². The van der Waals surface area contributed by atoms with Crippen molar-refractivity contribution in [3.63, 3.8) is 0 Å². The summed E-state index contributed by atoms with van der Waals surface area (Å²) in [5.74, 6) is 0.816. The van der Waals surface area contributed by atoms with Gasteiger partial charge in [-0.05, 0) is 30.2 Å². The number of aromatic nitrogens is 3. The lowest BCUT2D eigenvalue weighted by Gasteiger charge is -2.05. The highest BCUT2D eigenvalue weighted by atomic mass is 16.5. The molecule has 0 aliphatic rings. The molecule has 0 radical (unpaired) electrons. The van der Waals surface area contributed by atoms with Crippen LogP contribution < -0.4 is 4.74 Å². The van der Waals surface area contributed by atoms with Crippen molar-refractivity contribution in [1.29, 1.82) is 0 Å². The van der Waals surface area contributed by atoms with Crippen LogP contribution in [0.3, 0.4) is 0 Å². The third-order valence-corrected chi connectivity index (χ3v) is 3.48. The zero-order valence-electron chi connectivity index (χ0n) is 12.2. The molecule has 0 saturated heterocycles. The predicted molar refractivity (Wildman–Crippen MR) is 82.7 cm³/mol. The Morgan fingerprint density at radius 2 is 1.95 bits per heavy atom. The standard InChI is InChI=1S/C17H17N3O/c1-3-13-7-4-5-10-17(13)20-12-16(18-19-20)14-8-6-9-15(11-14)21-2/h4-12H,3H2,1-2H3. The van der Waals surface area contributed by atoms with Gasteiger partial charge < -0.3 is 4.74 Å². The van der Waals surface area contributed by atoms with Crippen molar-refractivity contribution in [3.05, 3.63) is 60.3 Å². The minimum absolute atomic E-state index is 0.816. The van der Waals surface area contributed by atoms with Gasteiger partial charge in [-0.2, -0.15) is 0 Å². The minimum Gasteiger partial charge on any atom is -0.497 e. The van der Waals surface area contributed by atoms with Crippen LogP contribution in [0, 0.1) is 0 Å². The van der Waals surface area contributed by atoms with Crippen molar-refractivity contribution < 1.29 is 4.74 Å². The van der Waals surface area contributed by atoms with Crippen LogP contribution in [0.25, 0.3) is 16.9 Å². The van der Waals surface area contributed by atoms with Crippen molar-refractivity contribution in [1.82, 2.24) is 15.0 Å². The molecule has 0 N–H and O–H groups in total. The summed E-state index contributed by atoms with van der Waals surface area (Å²) < 4.78 is 7.08. The molecule has 0 atom stereocenters. The normalized spacial score (nSPS) is 10.6. The summed E-state index contributed by atoms with van der Waals surface area (Å²) in [5.41, 5.74) is 4.15. The first kappa shape index (κ1) is 13.4. The molecule has 0 unspecified atom stereocenters. The van der Waals surface area contributed by atoms with Gasteiger partial charge in [0, 0.05) is 5.56 Å². The summed E-state index contributed by atoms with van der Waals surface area (Å²) in [4.78, 5) is 0. The predicted octanol–water partition coefficient (Wildman–Crippen LogP) is 3.51. The SMILES string of the molecule is CCc1ccccc1-n1cc(-c2cccc(OC)c2)nn1. The number of ether oxygens (including phenoxy) is 1. The van der Waals surface area contributed by atoms with Crippen LogP contribution in [0.15, 0.2) is 54.7 Å². The molecule has 0 spiro atoms. The number of nitrogens with zero attached hydrogens (tertiary/aromatic N) is 3. The van der Waals surface area contributed by atoms with E-state index in [-0.39, 0.29) is 0 Å². The molecule has 21 heavy (non-hydrogen) atoms.